The molecule has 11 heteroatoms. The van der Waals surface area contributed by atoms with Gasteiger partial charge >= 0.3 is 6.09 Å². The lowest BCUT2D eigenvalue weighted by Gasteiger charge is -2.23. The molecule has 1 aliphatic carbocycles. The summed E-state index contributed by atoms with van der Waals surface area (Å²) < 4.78 is 21.0. The molecular weight excluding hydrogens is 506 g/mol. The molecule has 0 spiro atoms. The number of nitrogens with one attached hydrogen (secondary N) is 1. The second-order valence-corrected chi connectivity index (χ2v) is 11.2. The molecule has 1 saturated heterocycles. The first-order valence-corrected chi connectivity index (χ1v) is 12.5. The van der Waals surface area contributed by atoms with E-state index in [1.165, 1.54) is 18.0 Å². The Labute approximate surface area is 218 Å². The summed E-state index contributed by atoms with van der Waals surface area (Å²) >= 11 is 13.2. The molecule has 0 bridgehead atoms. The van der Waals surface area contributed by atoms with Crippen LogP contribution in [0, 0.1) is 0 Å². The summed E-state index contributed by atoms with van der Waals surface area (Å²) in [6.45, 7) is 7.58. The maximum absolute atomic E-state index is 14.0. The third kappa shape index (κ3) is 4.50. The summed E-state index contributed by atoms with van der Waals surface area (Å²) in [5.41, 5.74) is 1.90. The molecule has 1 amide bonds. The zero-order chi connectivity index (χ0) is 25.8. The fourth-order valence-electron chi connectivity index (χ4n) is 4.50. The van der Waals surface area contributed by atoms with E-state index in [0.29, 0.717) is 16.0 Å². The summed E-state index contributed by atoms with van der Waals surface area (Å²) in [7, 11) is 0. The molecule has 190 valence electrons. The molecule has 1 aromatic carbocycles. The van der Waals surface area contributed by atoms with Crippen LogP contribution in [0.3, 0.4) is 0 Å². The first kappa shape index (κ1) is 24.8. The minimum atomic E-state index is -1.26. The molecule has 0 radical (unpaired) electrons. The predicted octanol–water partition coefficient (Wildman–Crippen LogP) is 6.05. The highest BCUT2D eigenvalue weighted by atomic mass is 35.5. The van der Waals surface area contributed by atoms with Gasteiger partial charge in [-0.25, -0.2) is 19.2 Å². The van der Waals surface area contributed by atoms with E-state index in [0.717, 1.165) is 29.8 Å². The van der Waals surface area contributed by atoms with Gasteiger partial charge < -0.3 is 14.6 Å². The van der Waals surface area contributed by atoms with Crippen LogP contribution in [0.5, 0.6) is 0 Å². The molecule has 1 aliphatic heterocycles. The zero-order valence-electron chi connectivity index (χ0n) is 20.4. The van der Waals surface area contributed by atoms with E-state index in [1.54, 1.807) is 12.4 Å². The first-order valence-electron chi connectivity index (χ1n) is 11.7. The van der Waals surface area contributed by atoms with Gasteiger partial charge in [0.25, 0.3) is 0 Å². The fourth-order valence-corrected chi connectivity index (χ4v) is 5.54. The largest absolute Gasteiger partial charge is 0.447 e. The smallest absolute Gasteiger partial charge is 0.416 e. The quantitative estimate of drug-likeness (QED) is 0.415. The normalized spacial score (nSPS) is 19.8. The number of aromatic nitrogens is 4. The number of rotatable bonds is 6. The molecule has 5 rings (SSSR count). The summed E-state index contributed by atoms with van der Waals surface area (Å²) in [4.78, 5) is 26.9. The van der Waals surface area contributed by atoms with Crippen LogP contribution in [0.1, 0.15) is 51.8 Å². The molecule has 1 N–H and O–H groups in total. The number of ether oxygens (including phenoxy) is 1. The van der Waals surface area contributed by atoms with E-state index < -0.39 is 23.8 Å². The number of nitrogens with zero attached hydrogens (tertiary/aromatic N) is 5. The van der Waals surface area contributed by atoms with Gasteiger partial charge in [-0.2, -0.15) is 4.98 Å². The van der Waals surface area contributed by atoms with Crippen LogP contribution in [0.15, 0.2) is 36.9 Å². The van der Waals surface area contributed by atoms with E-state index in [4.69, 9.17) is 27.9 Å². The molecule has 1 unspecified atom stereocenters. The van der Waals surface area contributed by atoms with Crippen molar-refractivity contribution in [3.63, 3.8) is 0 Å². The molecule has 3 aromatic rings. The van der Waals surface area contributed by atoms with Crippen LogP contribution in [-0.4, -0.2) is 44.4 Å². The van der Waals surface area contributed by atoms with Crippen LogP contribution in [-0.2, 0) is 15.7 Å². The SMILES string of the molecule is C[C@H](F)C1COC(=O)N1c1ccnc(NC2(c3cn(-c4cc(Cl)c(C(C)(C)C)c(Cl)c4)cn3)CC2)n1. The molecule has 2 atom stereocenters. The number of alkyl halides is 1. The lowest BCUT2D eigenvalue weighted by molar-refractivity contribution is 0.174. The van der Waals surface area contributed by atoms with Gasteiger partial charge in [-0.15, -0.1) is 0 Å². The van der Waals surface area contributed by atoms with Gasteiger partial charge in [0, 0.05) is 28.1 Å². The Morgan fingerprint density at radius 2 is 1.92 bits per heavy atom. The molecule has 8 nitrogen and oxygen atoms in total. The van der Waals surface area contributed by atoms with E-state index in [2.05, 4.69) is 41.0 Å². The molecule has 3 heterocycles. The number of carbonyl (C=O) groups is 1. The van der Waals surface area contributed by atoms with Crippen molar-refractivity contribution in [1.82, 2.24) is 19.5 Å². The van der Waals surface area contributed by atoms with Crippen LogP contribution in [0.2, 0.25) is 10.0 Å². The van der Waals surface area contributed by atoms with Gasteiger partial charge in [0.2, 0.25) is 5.95 Å². The van der Waals surface area contributed by atoms with Gasteiger partial charge in [-0.05, 0) is 48.9 Å². The van der Waals surface area contributed by atoms with Crippen LogP contribution in [0.4, 0.5) is 21.0 Å². The average Bonchev–Trinajstić information content (AvgIpc) is 3.21. The van der Waals surface area contributed by atoms with Crippen LogP contribution >= 0.6 is 23.2 Å². The van der Waals surface area contributed by atoms with Crippen LogP contribution in [0.25, 0.3) is 5.69 Å². The number of halogens is 3. The first-order chi connectivity index (χ1) is 17.0. The lowest BCUT2D eigenvalue weighted by atomic mass is 9.87. The monoisotopic (exact) mass is 532 g/mol. The number of benzene rings is 1. The van der Waals surface area contributed by atoms with E-state index in [-0.39, 0.29) is 17.8 Å². The van der Waals surface area contributed by atoms with Crippen molar-refractivity contribution < 1.29 is 13.9 Å². The van der Waals surface area contributed by atoms with Crippen molar-refractivity contribution in [1.29, 1.82) is 0 Å². The Kier molecular flexibility index (Phi) is 6.11. The number of imidazole rings is 1. The second-order valence-electron chi connectivity index (χ2n) is 10.3. The maximum atomic E-state index is 14.0. The van der Waals surface area contributed by atoms with Crippen molar-refractivity contribution in [2.24, 2.45) is 0 Å². The topological polar surface area (TPSA) is 85.2 Å². The number of hydrogen-bond acceptors (Lipinski definition) is 6. The highest BCUT2D eigenvalue weighted by Gasteiger charge is 2.47. The Hall–Kier alpha value is -2.91. The van der Waals surface area contributed by atoms with Crippen LogP contribution < -0.4 is 10.2 Å². The summed E-state index contributed by atoms with van der Waals surface area (Å²) in [5.74, 6) is 0.610. The third-order valence-electron chi connectivity index (χ3n) is 6.57. The minimum Gasteiger partial charge on any atom is -0.447 e. The van der Waals surface area contributed by atoms with E-state index >= 15 is 0 Å². The van der Waals surface area contributed by atoms with Gasteiger partial charge in [0.05, 0.1) is 17.6 Å². The number of carbonyl (C=O) groups excluding carboxylic acids is 1. The minimum absolute atomic E-state index is 0.0184. The Morgan fingerprint density at radius 3 is 2.53 bits per heavy atom. The lowest BCUT2D eigenvalue weighted by Crippen LogP contribution is -2.39. The average molecular weight is 533 g/mol. The van der Waals surface area contributed by atoms with Crippen molar-refractivity contribution in [2.75, 3.05) is 16.8 Å². The summed E-state index contributed by atoms with van der Waals surface area (Å²) in [6.07, 6.45) is 4.97. The molecule has 36 heavy (non-hydrogen) atoms. The standard InChI is InChI=1S/C25H27Cl2FN6O2/c1-14(28)18-12-36-23(35)34(18)20-5-8-29-22(31-20)32-25(6-7-25)19-11-33(13-30-19)15-9-16(26)21(17(27)10-15)24(2,3)4/h5,8-11,13-14,18H,6-7,12H2,1-4H3,(H,29,31,32)/t14-,18?/m0/s1. The van der Waals surface area contributed by atoms with Crippen molar-refractivity contribution in [2.45, 2.75) is 63.7 Å². The summed E-state index contributed by atoms with van der Waals surface area (Å²) in [6, 6.07) is 4.61. The highest BCUT2D eigenvalue weighted by molar-refractivity contribution is 6.36. The van der Waals surface area contributed by atoms with Gasteiger partial charge in [0.1, 0.15) is 24.6 Å². The van der Waals surface area contributed by atoms with Crippen molar-refractivity contribution in [3.05, 3.63) is 58.2 Å². The Balaban J connectivity index is 1.39. The molecule has 2 aromatic heterocycles. The molecular formula is C25H27Cl2FN6O2. The van der Waals surface area contributed by atoms with E-state index in [1.807, 2.05) is 22.9 Å². The molecule has 2 aliphatic rings. The number of hydrogen-bond donors (Lipinski definition) is 1. The number of anilines is 2. The maximum Gasteiger partial charge on any atom is 0.416 e. The number of amides is 1. The fraction of sp³-hybridized carbons (Fsp3) is 0.440. The van der Waals surface area contributed by atoms with Crippen molar-refractivity contribution >= 4 is 41.1 Å². The predicted molar refractivity (Wildman–Crippen MR) is 137 cm³/mol. The number of cyclic esters (lactones) is 1. The highest BCUT2D eigenvalue weighted by Crippen LogP contribution is 2.47. The van der Waals surface area contributed by atoms with Crippen molar-refractivity contribution in [3.8, 4) is 5.69 Å². The molecule has 2 fully saturated rings. The Morgan fingerprint density at radius 1 is 1.22 bits per heavy atom. The van der Waals surface area contributed by atoms with Gasteiger partial charge in [-0.3, -0.25) is 4.90 Å². The second kappa shape index (κ2) is 8.88. The van der Waals surface area contributed by atoms with Gasteiger partial charge in [0.15, 0.2) is 0 Å². The third-order valence-corrected chi connectivity index (χ3v) is 7.17. The zero-order valence-corrected chi connectivity index (χ0v) is 21.9. The van der Waals surface area contributed by atoms with Gasteiger partial charge in [-0.1, -0.05) is 44.0 Å². The Bertz CT molecular complexity index is 1290. The summed E-state index contributed by atoms with van der Waals surface area (Å²) in [5, 5.41) is 4.57. The molecule has 1 saturated carbocycles. The van der Waals surface area contributed by atoms with E-state index in [9.17, 15) is 9.18 Å².